The van der Waals surface area contributed by atoms with Crippen LogP contribution in [0, 0.1) is 5.41 Å². The quantitative estimate of drug-likeness (QED) is 0.904. The van der Waals surface area contributed by atoms with Crippen LogP contribution < -0.4 is 10.1 Å². The largest absolute Gasteiger partial charge is 0.435 e. The lowest BCUT2D eigenvalue weighted by atomic mass is 9.91. The number of ether oxygens (including phenoxy) is 1. The average Bonchev–Trinajstić information content (AvgIpc) is 2.33. The summed E-state index contributed by atoms with van der Waals surface area (Å²) < 4.78 is 28.3. The van der Waals surface area contributed by atoms with Crippen molar-refractivity contribution in [2.24, 2.45) is 5.41 Å². The highest BCUT2D eigenvalue weighted by atomic mass is 19.3. The molecule has 1 amide bonds. The Hall–Kier alpha value is -1.98. The number of Topliss-reactive ketones (excluding diaryl/α,β-unsaturated/α-hetero) is 1. The number of rotatable bonds is 5. The van der Waals surface area contributed by atoms with E-state index in [0.29, 0.717) is 0 Å². The minimum atomic E-state index is -2.95. The summed E-state index contributed by atoms with van der Waals surface area (Å²) in [5, 5.41) is 2.45. The number of ketones is 1. The van der Waals surface area contributed by atoms with E-state index in [0.717, 1.165) is 0 Å². The van der Waals surface area contributed by atoms with Crippen molar-refractivity contribution < 1.29 is 23.1 Å². The first kappa shape index (κ1) is 16.1. The molecular formula is C14H17F2NO3. The van der Waals surface area contributed by atoms with Gasteiger partial charge in [-0.2, -0.15) is 8.78 Å². The molecule has 0 saturated heterocycles. The molecule has 1 aromatic carbocycles. The van der Waals surface area contributed by atoms with Crippen LogP contribution in [0.4, 0.5) is 8.78 Å². The molecule has 0 aliphatic heterocycles. The Bertz CT molecular complexity index is 495. The highest BCUT2D eigenvalue weighted by molar-refractivity contribution is 5.97. The van der Waals surface area contributed by atoms with E-state index in [1.807, 2.05) is 0 Å². The summed E-state index contributed by atoms with van der Waals surface area (Å²) in [7, 11) is 0. The second-order valence-corrected chi connectivity index (χ2v) is 5.26. The van der Waals surface area contributed by atoms with Crippen molar-refractivity contribution in [3.05, 3.63) is 29.8 Å². The molecule has 0 aliphatic carbocycles. The van der Waals surface area contributed by atoms with Crippen LogP contribution in [0.2, 0.25) is 0 Å². The van der Waals surface area contributed by atoms with Gasteiger partial charge in [0.05, 0.1) is 6.54 Å². The zero-order valence-electron chi connectivity index (χ0n) is 11.6. The summed E-state index contributed by atoms with van der Waals surface area (Å²) in [5.74, 6) is -0.733. The highest BCUT2D eigenvalue weighted by Crippen LogP contribution is 2.16. The van der Waals surface area contributed by atoms with E-state index in [-0.39, 0.29) is 23.6 Å². The first-order chi connectivity index (χ1) is 9.20. The molecule has 6 heteroatoms. The smallest absolute Gasteiger partial charge is 0.387 e. The molecule has 0 radical (unpaired) electrons. The van der Waals surface area contributed by atoms with Crippen molar-refractivity contribution in [1.82, 2.24) is 5.32 Å². The van der Waals surface area contributed by atoms with Gasteiger partial charge in [0.25, 0.3) is 5.91 Å². The normalized spacial score (nSPS) is 11.3. The summed E-state index contributed by atoms with van der Waals surface area (Å²) in [6.07, 6.45) is 0. The van der Waals surface area contributed by atoms with E-state index in [2.05, 4.69) is 10.1 Å². The van der Waals surface area contributed by atoms with Crippen molar-refractivity contribution in [3.8, 4) is 5.75 Å². The Kier molecular flexibility index (Phi) is 5.19. The van der Waals surface area contributed by atoms with Gasteiger partial charge in [-0.25, -0.2) is 0 Å². The van der Waals surface area contributed by atoms with Crippen molar-refractivity contribution in [2.45, 2.75) is 27.4 Å². The van der Waals surface area contributed by atoms with Crippen LogP contribution in [-0.2, 0) is 4.79 Å². The van der Waals surface area contributed by atoms with Crippen molar-refractivity contribution >= 4 is 11.7 Å². The van der Waals surface area contributed by atoms with E-state index in [9.17, 15) is 18.4 Å². The molecule has 0 atom stereocenters. The molecule has 20 heavy (non-hydrogen) atoms. The number of nitrogens with one attached hydrogen (secondary N) is 1. The Morgan fingerprint density at radius 1 is 1.30 bits per heavy atom. The highest BCUT2D eigenvalue weighted by Gasteiger charge is 2.21. The molecule has 0 bridgehead atoms. The van der Waals surface area contributed by atoms with Gasteiger partial charge in [0, 0.05) is 11.0 Å². The summed E-state index contributed by atoms with van der Waals surface area (Å²) in [6.45, 7) is 2.19. The molecule has 0 aromatic heterocycles. The van der Waals surface area contributed by atoms with E-state index in [1.54, 1.807) is 20.8 Å². The van der Waals surface area contributed by atoms with Crippen LogP contribution in [0.25, 0.3) is 0 Å². The van der Waals surface area contributed by atoms with Crippen LogP contribution in [0.15, 0.2) is 24.3 Å². The predicted molar refractivity (Wildman–Crippen MR) is 69.9 cm³/mol. The predicted octanol–water partition coefficient (Wildman–Crippen LogP) is 2.63. The van der Waals surface area contributed by atoms with Gasteiger partial charge in [0.2, 0.25) is 0 Å². The van der Waals surface area contributed by atoms with Crippen LogP contribution in [0.5, 0.6) is 5.75 Å². The Balaban J connectivity index is 2.66. The van der Waals surface area contributed by atoms with Gasteiger partial charge < -0.3 is 10.1 Å². The summed E-state index contributed by atoms with van der Waals surface area (Å²) in [5.41, 5.74) is -0.390. The van der Waals surface area contributed by atoms with Crippen molar-refractivity contribution in [3.63, 3.8) is 0 Å². The minimum Gasteiger partial charge on any atom is -0.435 e. The van der Waals surface area contributed by atoms with Crippen molar-refractivity contribution in [1.29, 1.82) is 0 Å². The first-order valence-corrected chi connectivity index (χ1v) is 6.06. The molecule has 1 rings (SSSR count). The van der Waals surface area contributed by atoms with Gasteiger partial charge in [-0.15, -0.1) is 0 Å². The van der Waals surface area contributed by atoms with Crippen molar-refractivity contribution in [2.75, 3.05) is 6.54 Å². The number of carbonyl (C=O) groups excluding carboxylic acids is 2. The number of alkyl halides is 2. The van der Waals surface area contributed by atoms with Gasteiger partial charge in [-0.3, -0.25) is 9.59 Å². The summed E-state index contributed by atoms with van der Waals surface area (Å²) in [6, 6.07) is 5.40. The second kappa shape index (κ2) is 6.45. The molecule has 0 fully saturated rings. The lowest BCUT2D eigenvalue weighted by molar-refractivity contribution is -0.125. The fourth-order valence-electron chi connectivity index (χ4n) is 1.34. The first-order valence-electron chi connectivity index (χ1n) is 6.06. The number of halogens is 2. The number of amides is 1. The maximum atomic E-state index is 12.1. The Morgan fingerprint density at radius 3 is 2.50 bits per heavy atom. The standard InChI is InChI=1S/C14H17F2NO3/c1-14(2,3)11(18)8-17-12(19)9-5-4-6-10(7-9)20-13(15)16/h4-7,13H,8H2,1-3H3,(H,17,19). The van der Waals surface area contributed by atoms with Gasteiger partial charge in [-0.05, 0) is 18.2 Å². The lowest BCUT2D eigenvalue weighted by Crippen LogP contribution is -2.35. The lowest BCUT2D eigenvalue weighted by Gasteiger charge is -2.16. The SMILES string of the molecule is CC(C)(C)C(=O)CNC(=O)c1cccc(OC(F)F)c1. The molecule has 0 heterocycles. The summed E-state index contributed by atoms with van der Waals surface area (Å²) in [4.78, 5) is 23.5. The van der Waals surface area contributed by atoms with Gasteiger partial charge in [0.15, 0.2) is 5.78 Å². The maximum Gasteiger partial charge on any atom is 0.387 e. The molecule has 0 unspecified atom stereocenters. The Labute approximate surface area is 116 Å². The molecule has 1 aromatic rings. The van der Waals surface area contributed by atoms with E-state index >= 15 is 0 Å². The maximum absolute atomic E-state index is 12.1. The van der Waals surface area contributed by atoms with Crippen LogP contribution >= 0.6 is 0 Å². The third-order valence-corrected chi connectivity index (χ3v) is 2.57. The van der Waals surface area contributed by atoms with Gasteiger partial charge in [-0.1, -0.05) is 26.8 Å². The average molecular weight is 285 g/mol. The summed E-state index contributed by atoms with van der Waals surface area (Å²) >= 11 is 0. The Morgan fingerprint density at radius 2 is 1.95 bits per heavy atom. The molecule has 0 aliphatic rings. The fourth-order valence-corrected chi connectivity index (χ4v) is 1.34. The number of benzene rings is 1. The molecule has 1 N–H and O–H groups in total. The zero-order valence-corrected chi connectivity index (χ0v) is 11.6. The van der Waals surface area contributed by atoms with E-state index < -0.39 is 17.9 Å². The zero-order chi connectivity index (χ0) is 15.3. The molecule has 0 saturated carbocycles. The van der Waals surface area contributed by atoms with Crippen LogP contribution in [0.1, 0.15) is 31.1 Å². The van der Waals surface area contributed by atoms with Crippen LogP contribution in [-0.4, -0.2) is 24.8 Å². The number of hydrogen-bond donors (Lipinski definition) is 1. The molecular weight excluding hydrogens is 268 g/mol. The van der Waals surface area contributed by atoms with E-state index in [4.69, 9.17) is 0 Å². The minimum absolute atomic E-state index is 0.102. The number of carbonyl (C=O) groups is 2. The van der Waals surface area contributed by atoms with E-state index in [1.165, 1.54) is 24.3 Å². The monoisotopic (exact) mass is 285 g/mol. The fraction of sp³-hybridized carbons (Fsp3) is 0.429. The topological polar surface area (TPSA) is 55.4 Å². The molecule has 4 nitrogen and oxygen atoms in total. The van der Waals surface area contributed by atoms with Gasteiger partial charge in [0.1, 0.15) is 5.75 Å². The second-order valence-electron chi connectivity index (χ2n) is 5.26. The van der Waals surface area contributed by atoms with Crippen LogP contribution in [0.3, 0.4) is 0 Å². The number of hydrogen-bond acceptors (Lipinski definition) is 3. The third-order valence-electron chi connectivity index (χ3n) is 2.57. The third kappa shape index (κ3) is 4.95. The van der Waals surface area contributed by atoms with Gasteiger partial charge >= 0.3 is 6.61 Å². The molecule has 0 spiro atoms. The molecule has 110 valence electrons.